The largest absolute Gasteiger partial charge is 0.467 e. The summed E-state index contributed by atoms with van der Waals surface area (Å²) in [6.45, 7) is 8.35. The number of amides is 1. The van der Waals surface area contributed by atoms with Gasteiger partial charge in [0.25, 0.3) is 0 Å². The van der Waals surface area contributed by atoms with Crippen molar-refractivity contribution in [2.24, 2.45) is 16.8 Å². The molecule has 0 aliphatic heterocycles. The number of guanidine groups is 1. The van der Waals surface area contributed by atoms with Crippen molar-refractivity contribution in [2.45, 2.75) is 40.2 Å². The van der Waals surface area contributed by atoms with Gasteiger partial charge in [0.2, 0.25) is 5.91 Å². The van der Waals surface area contributed by atoms with Gasteiger partial charge in [-0.1, -0.05) is 13.8 Å². The second-order valence-corrected chi connectivity index (χ2v) is 6.44. The van der Waals surface area contributed by atoms with Gasteiger partial charge >= 0.3 is 0 Å². The number of aliphatic imine (C=N–C) groups is 1. The Labute approximate surface area is 173 Å². The Morgan fingerprint density at radius 2 is 2.08 bits per heavy atom. The molecular weight excluding hydrogens is 447 g/mol. The standard InChI is InChI=1S/C18H32N4O3.HI/c1-4-19-18(21-11-15(7-8-23)10-14(2)3)22-13-17(24)20-12-16-6-5-9-25-16;/h5-6,9,14-15,23H,4,7-8,10-13H2,1-3H3,(H,20,24)(H2,19,21,22);1H. The summed E-state index contributed by atoms with van der Waals surface area (Å²) in [5.74, 6) is 2.11. The number of carbonyl (C=O) groups is 1. The fourth-order valence-electron chi connectivity index (χ4n) is 2.54. The Morgan fingerprint density at radius 1 is 1.31 bits per heavy atom. The first-order valence-electron chi connectivity index (χ1n) is 8.97. The van der Waals surface area contributed by atoms with Gasteiger partial charge in [-0.3, -0.25) is 4.79 Å². The average molecular weight is 480 g/mol. The molecule has 0 fully saturated rings. The number of carbonyl (C=O) groups excluding carboxylic acids is 1. The number of furan rings is 1. The zero-order valence-corrected chi connectivity index (χ0v) is 18.3. The van der Waals surface area contributed by atoms with Crippen molar-refractivity contribution in [3.8, 4) is 0 Å². The van der Waals surface area contributed by atoms with Crippen LogP contribution in [0.15, 0.2) is 27.8 Å². The lowest BCUT2D eigenvalue weighted by atomic mass is 9.94. The van der Waals surface area contributed by atoms with Crippen LogP contribution >= 0.6 is 24.0 Å². The molecular formula is C18H33IN4O3. The zero-order valence-electron chi connectivity index (χ0n) is 16.0. The molecule has 0 aliphatic carbocycles. The average Bonchev–Trinajstić information content (AvgIpc) is 3.08. The number of hydrogen-bond acceptors (Lipinski definition) is 4. The molecule has 1 aromatic heterocycles. The predicted octanol–water partition coefficient (Wildman–Crippen LogP) is 2.11. The van der Waals surface area contributed by atoms with Crippen LogP contribution in [0.2, 0.25) is 0 Å². The van der Waals surface area contributed by atoms with Gasteiger partial charge in [-0.05, 0) is 43.7 Å². The summed E-state index contributed by atoms with van der Waals surface area (Å²) in [5.41, 5.74) is 0. The van der Waals surface area contributed by atoms with Gasteiger partial charge in [0, 0.05) is 19.7 Å². The van der Waals surface area contributed by atoms with Crippen LogP contribution in [-0.2, 0) is 11.3 Å². The molecule has 1 aromatic rings. The summed E-state index contributed by atoms with van der Waals surface area (Å²) in [7, 11) is 0. The molecule has 26 heavy (non-hydrogen) atoms. The molecule has 0 aromatic carbocycles. The van der Waals surface area contributed by atoms with Gasteiger partial charge in [-0.15, -0.1) is 24.0 Å². The first-order chi connectivity index (χ1) is 12.0. The third-order valence-electron chi connectivity index (χ3n) is 3.67. The van der Waals surface area contributed by atoms with Gasteiger partial charge in [0.05, 0.1) is 12.8 Å². The van der Waals surface area contributed by atoms with E-state index in [-0.39, 0.29) is 43.0 Å². The summed E-state index contributed by atoms with van der Waals surface area (Å²) < 4.78 is 5.17. The lowest BCUT2D eigenvalue weighted by Gasteiger charge is -2.20. The van der Waals surface area contributed by atoms with E-state index in [0.717, 1.165) is 19.4 Å². The normalized spacial score (nSPS) is 12.4. The molecule has 4 N–H and O–H groups in total. The van der Waals surface area contributed by atoms with E-state index < -0.39 is 0 Å². The van der Waals surface area contributed by atoms with Gasteiger partial charge < -0.3 is 25.5 Å². The molecule has 1 unspecified atom stereocenters. The summed E-state index contributed by atoms with van der Waals surface area (Å²) in [5, 5.41) is 18.4. The van der Waals surface area contributed by atoms with Crippen LogP contribution in [0.1, 0.15) is 39.4 Å². The molecule has 0 saturated carbocycles. The summed E-state index contributed by atoms with van der Waals surface area (Å²) in [6.07, 6.45) is 3.37. The Balaban J connectivity index is 0.00000625. The van der Waals surface area contributed by atoms with Crippen molar-refractivity contribution in [3.63, 3.8) is 0 Å². The smallest absolute Gasteiger partial charge is 0.242 e. The zero-order chi connectivity index (χ0) is 18.5. The number of hydrogen-bond donors (Lipinski definition) is 4. The van der Waals surface area contributed by atoms with E-state index in [1.807, 2.05) is 13.0 Å². The maximum Gasteiger partial charge on any atom is 0.242 e. The third-order valence-corrected chi connectivity index (χ3v) is 3.67. The molecule has 0 radical (unpaired) electrons. The number of aliphatic hydroxyl groups is 1. The van der Waals surface area contributed by atoms with Crippen LogP contribution in [0, 0.1) is 11.8 Å². The van der Waals surface area contributed by atoms with Crippen LogP contribution in [0.4, 0.5) is 0 Å². The molecule has 1 amide bonds. The highest BCUT2D eigenvalue weighted by molar-refractivity contribution is 14.0. The van der Waals surface area contributed by atoms with E-state index >= 15 is 0 Å². The van der Waals surface area contributed by atoms with E-state index in [9.17, 15) is 9.90 Å². The van der Waals surface area contributed by atoms with Crippen LogP contribution in [0.25, 0.3) is 0 Å². The van der Waals surface area contributed by atoms with Gasteiger partial charge in [0.1, 0.15) is 12.3 Å². The minimum absolute atomic E-state index is 0. The number of halogens is 1. The Kier molecular flexibility index (Phi) is 14.1. The molecule has 0 saturated heterocycles. The second kappa shape index (κ2) is 14.8. The Bertz CT molecular complexity index is 507. The first-order valence-corrected chi connectivity index (χ1v) is 8.97. The molecule has 1 heterocycles. The van der Waals surface area contributed by atoms with Crippen molar-refractivity contribution in [2.75, 3.05) is 26.2 Å². The van der Waals surface area contributed by atoms with Crippen molar-refractivity contribution in [1.82, 2.24) is 16.0 Å². The maximum atomic E-state index is 11.9. The lowest BCUT2D eigenvalue weighted by Crippen LogP contribution is -2.41. The molecule has 0 bridgehead atoms. The molecule has 0 aliphatic rings. The number of nitrogens with zero attached hydrogens (tertiary/aromatic N) is 1. The summed E-state index contributed by atoms with van der Waals surface area (Å²) in [4.78, 5) is 16.2. The van der Waals surface area contributed by atoms with Gasteiger partial charge in [-0.2, -0.15) is 0 Å². The molecule has 8 heteroatoms. The monoisotopic (exact) mass is 480 g/mol. The van der Waals surface area contributed by atoms with E-state index in [4.69, 9.17) is 4.42 Å². The van der Waals surface area contributed by atoms with E-state index in [2.05, 4.69) is 34.8 Å². The van der Waals surface area contributed by atoms with Gasteiger partial charge in [-0.25, -0.2) is 4.99 Å². The number of rotatable bonds is 11. The second-order valence-electron chi connectivity index (χ2n) is 6.44. The number of aliphatic hydroxyl groups excluding tert-OH is 1. The third kappa shape index (κ3) is 11.3. The van der Waals surface area contributed by atoms with Crippen LogP contribution in [-0.4, -0.2) is 43.2 Å². The van der Waals surface area contributed by atoms with E-state index in [1.165, 1.54) is 0 Å². The SMILES string of the molecule is CCNC(=NCC(=O)NCc1ccco1)NCC(CCO)CC(C)C.I. The lowest BCUT2D eigenvalue weighted by molar-refractivity contribution is -0.119. The Morgan fingerprint density at radius 3 is 2.65 bits per heavy atom. The highest BCUT2D eigenvalue weighted by atomic mass is 127. The van der Waals surface area contributed by atoms with E-state index in [1.54, 1.807) is 12.3 Å². The maximum absolute atomic E-state index is 11.9. The van der Waals surface area contributed by atoms with Crippen molar-refractivity contribution < 1.29 is 14.3 Å². The molecule has 1 atom stereocenters. The highest BCUT2D eigenvalue weighted by Gasteiger charge is 2.11. The molecule has 1 rings (SSSR count). The fourth-order valence-corrected chi connectivity index (χ4v) is 2.54. The quantitative estimate of drug-likeness (QED) is 0.221. The van der Waals surface area contributed by atoms with Gasteiger partial charge in [0.15, 0.2) is 5.96 Å². The fraction of sp³-hybridized carbons (Fsp3) is 0.667. The topological polar surface area (TPSA) is 98.9 Å². The first kappa shape index (κ1) is 24.7. The molecule has 150 valence electrons. The summed E-state index contributed by atoms with van der Waals surface area (Å²) >= 11 is 0. The Hall–Kier alpha value is -1.29. The summed E-state index contributed by atoms with van der Waals surface area (Å²) in [6, 6.07) is 3.60. The van der Waals surface area contributed by atoms with Crippen LogP contribution < -0.4 is 16.0 Å². The molecule has 0 spiro atoms. The van der Waals surface area contributed by atoms with Crippen LogP contribution in [0.3, 0.4) is 0 Å². The van der Waals surface area contributed by atoms with Crippen molar-refractivity contribution >= 4 is 35.8 Å². The van der Waals surface area contributed by atoms with Crippen molar-refractivity contribution in [1.29, 1.82) is 0 Å². The van der Waals surface area contributed by atoms with Crippen molar-refractivity contribution in [3.05, 3.63) is 24.2 Å². The highest BCUT2D eigenvalue weighted by Crippen LogP contribution is 2.14. The predicted molar refractivity (Wildman–Crippen MR) is 115 cm³/mol. The van der Waals surface area contributed by atoms with E-state index in [0.29, 0.717) is 36.6 Å². The minimum atomic E-state index is -0.164. The minimum Gasteiger partial charge on any atom is -0.467 e. The molecule has 7 nitrogen and oxygen atoms in total. The van der Waals surface area contributed by atoms with Crippen LogP contribution in [0.5, 0.6) is 0 Å². The number of nitrogens with one attached hydrogen (secondary N) is 3.